The number of benzene rings is 2. The number of carbonyl (C=O) groups excluding carboxylic acids is 2. The second-order valence-electron chi connectivity index (χ2n) is 9.97. The number of aliphatic hydroxyl groups excluding tert-OH is 1. The van der Waals surface area contributed by atoms with Crippen LogP contribution in [0.4, 0.5) is 4.79 Å². The third-order valence-electron chi connectivity index (χ3n) is 5.56. The van der Waals surface area contributed by atoms with Gasteiger partial charge in [0.2, 0.25) is 0 Å². The van der Waals surface area contributed by atoms with Crippen LogP contribution in [0, 0.1) is 0 Å². The molecule has 184 valence electrons. The molecule has 0 bridgehead atoms. The summed E-state index contributed by atoms with van der Waals surface area (Å²) in [5.74, 6) is -0.0308. The molecule has 0 saturated heterocycles. The van der Waals surface area contributed by atoms with E-state index in [1.54, 1.807) is 59.5 Å². The molecule has 0 aliphatic heterocycles. The second-order valence-corrected chi connectivity index (χ2v) is 15.4. The first-order valence-corrected chi connectivity index (χ1v) is 15.2. The van der Waals surface area contributed by atoms with E-state index in [2.05, 4.69) is 19.6 Å². The summed E-state index contributed by atoms with van der Waals surface area (Å²) in [6.07, 6.45) is 2.00. The molecule has 7 heteroatoms. The van der Waals surface area contributed by atoms with Gasteiger partial charge < -0.3 is 19.5 Å². The first kappa shape index (κ1) is 27.3. The summed E-state index contributed by atoms with van der Waals surface area (Å²) in [4.78, 5) is 26.4. The highest BCUT2D eigenvalue weighted by Gasteiger charge is 2.32. The summed E-state index contributed by atoms with van der Waals surface area (Å²) in [6, 6.07) is 15.7. The Morgan fingerprint density at radius 1 is 0.912 bits per heavy atom. The number of aliphatic hydroxyl groups is 1. The van der Waals surface area contributed by atoms with Crippen LogP contribution in [0.25, 0.3) is 0 Å². The molecule has 0 saturated carbocycles. The molecule has 0 aliphatic carbocycles. The topological polar surface area (TPSA) is 76.1 Å². The van der Waals surface area contributed by atoms with Crippen molar-refractivity contribution in [2.24, 2.45) is 0 Å². The molecular formula is C27H37NO5Si. The largest absolute Gasteiger partial charge is 0.423 e. The number of hydrogen-bond donors (Lipinski definition) is 1. The Morgan fingerprint density at radius 2 is 1.47 bits per heavy atom. The average molecular weight is 484 g/mol. The minimum absolute atomic E-state index is 0.0220. The molecule has 0 aliphatic rings. The van der Waals surface area contributed by atoms with Crippen LogP contribution in [-0.4, -0.2) is 42.2 Å². The summed E-state index contributed by atoms with van der Waals surface area (Å²) >= 11 is 0. The lowest BCUT2D eigenvalue weighted by molar-refractivity contribution is 0.0734. The summed E-state index contributed by atoms with van der Waals surface area (Å²) in [5.41, 5.74) is 0.983. The van der Waals surface area contributed by atoms with Gasteiger partial charge in [0.15, 0.2) is 0 Å². The van der Waals surface area contributed by atoms with E-state index in [1.165, 1.54) is 6.26 Å². The fourth-order valence-electron chi connectivity index (χ4n) is 3.81. The van der Waals surface area contributed by atoms with Gasteiger partial charge in [-0.25, -0.2) is 9.59 Å². The molecular weight excluding hydrogens is 446 g/mol. The van der Waals surface area contributed by atoms with Crippen LogP contribution in [-0.2, 0) is 4.74 Å². The van der Waals surface area contributed by atoms with Crippen LogP contribution in [0.5, 0.6) is 5.75 Å². The number of esters is 1. The molecule has 1 N–H and O–H groups in total. The van der Waals surface area contributed by atoms with Crippen molar-refractivity contribution in [3.05, 3.63) is 78.1 Å². The number of rotatable bonds is 9. The number of nitrogens with zero attached hydrogens (tertiary/aromatic N) is 1. The monoisotopic (exact) mass is 483 g/mol. The maximum atomic E-state index is 12.5. The Morgan fingerprint density at radius 3 is 1.97 bits per heavy atom. The normalized spacial score (nSPS) is 13.7. The highest BCUT2D eigenvalue weighted by molar-refractivity contribution is 6.78. The quantitative estimate of drug-likeness (QED) is 0.193. The van der Waals surface area contributed by atoms with E-state index < -0.39 is 26.2 Å². The molecule has 0 fully saturated rings. The Bertz CT molecular complexity index is 957. The first-order chi connectivity index (χ1) is 15.9. The molecule has 1 amide bonds. The molecule has 0 spiro atoms. The Balaban J connectivity index is 2.11. The minimum Gasteiger partial charge on any atom is -0.423 e. The molecule has 2 aromatic carbocycles. The van der Waals surface area contributed by atoms with Gasteiger partial charge in [0.1, 0.15) is 5.75 Å². The predicted molar refractivity (Wildman–Crippen MR) is 138 cm³/mol. The summed E-state index contributed by atoms with van der Waals surface area (Å²) in [5, 5.41) is 11.1. The van der Waals surface area contributed by atoms with Crippen molar-refractivity contribution < 1.29 is 24.2 Å². The van der Waals surface area contributed by atoms with Crippen LogP contribution in [0.2, 0.25) is 25.2 Å². The van der Waals surface area contributed by atoms with Crippen molar-refractivity contribution in [2.75, 3.05) is 0 Å². The molecule has 0 heterocycles. The van der Waals surface area contributed by atoms with Gasteiger partial charge in [-0.15, -0.1) is 0 Å². The first-order valence-electron chi connectivity index (χ1n) is 11.6. The molecule has 2 rings (SSSR count). The third-order valence-corrected chi connectivity index (χ3v) is 8.07. The zero-order chi connectivity index (χ0) is 25.5. The standard InChI is InChI=1S/C27H37NO5Si/c1-19(2)28(20(3)4)27(31)32-18-17-24(34(5,6)7)25(29)21-13-15-23(16-14-21)33-26(30)22-11-9-8-10-12-22/h8-20,24-25,29H,1-7H3/b18-17+/t24-,25+/m1/s1. The summed E-state index contributed by atoms with van der Waals surface area (Å²) in [7, 11) is -1.89. The number of amides is 1. The maximum absolute atomic E-state index is 12.5. The fraction of sp³-hybridized carbons (Fsp3) is 0.407. The van der Waals surface area contributed by atoms with Gasteiger partial charge in [-0.05, 0) is 63.6 Å². The molecule has 2 atom stereocenters. The van der Waals surface area contributed by atoms with Crippen LogP contribution >= 0.6 is 0 Å². The van der Waals surface area contributed by atoms with E-state index >= 15 is 0 Å². The van der Waals surface area contributed by atoms with Gasteiger partial charge in [0, 0.05) is 17.6 Å². The van der Waals surface area contributed by atoms with Crippen LogP contribution in [0.3, 0.4) is 0 Å². The molecule has 0 radical (unpaired) electrons. The van der Waals surface area contributed by atoms with E-state index in [4.69, 9.17) is 9.47 Å². The Kier molecular flexibility index (Phi) is 9.64. The number of carbonyl (C=O) groups is 2. The van der Waals surface area contributed by atoms with Crippen LogP contribution < -0.4 is 4.74 Å². The van der Waals surface area contributed by atoms with Gasteiger partial charge in [0.05, 0.1) is 26.0 Å². The third kappa shape index (κ3) is 7.57. The van der Waals surface area contributed by atoms with E-state index in [0.717, 1.165) is 0 Å². The zero-order valence-electron chi connectivity index (χ0n) is 21.2. The SMILES string of the molecule is CC(C)N(C(=O)O/C=C/[C@H]([C@@H](O)c1ccc(OC(=O)c2ccccc2)cc1)[Si](C)(C)C)C(C)C. The average Bonchev–Trinajstić information content (AvgIpc) is 2.76. The second kappa shape index (κ2) is 12.0. The van der Waals surface area contributed by atoms with Gasteiger partial charge in [0.25, 0.3) is 0 Å². The summed E-state index contributed by atoms with van der Waals surface area (Å²) < 4.78 is 10.8. The smallest absolute Gasteiger partial charge is 0.415 e. The highest BCUT2D eigenvalue weighted by Crippen LogP contribution is 2.37. The molecule has 0 aromatic heterocycles. The molecule has 0 unspecified atom stereocenters. The van der Waals surface area contributed by atoms with E-state index in [0.29, 0.717) is 16.9 Å². The van der Waals surface area contributed by atoms with Crippen molar-refractivity contribution in [1.29, 1.82) is 0 Å². The van der Waals surface area contributed by atoms with Crippen molar-refractivity contribution >= 4 is 20.1 Å². The van der Waals surface area contributed by atoms with Gasteiger partial charge in [-0.3, -0.25) is 0 Å². The van der Waals surface area contributed by atoms with Crippen molar-refractivity contribution in [1.82, 2.24) is 4.90 Å². The lowest BCUT2D eigenvalue weighted by atomic mass is 10.1. The van der Waals surface area contributed by atoms with Crippen molar-refractivity contribution in [2.45, 2.75) is 71.1 Å². The Hall–Kier alpha value is -2.90. The molecule has 34 heavy (non-hydrogen) atoms. The van der Waals surface area contributed by atoms with Crippen molar-refractivity contribution in [3.8, 4) is 5.75 Å². The van der Waals surface area contributed by atoms with E-state index in [-0.39, 0.29) is 17.6 Å². The van der Waals surface area contributed by atoms with Crippen molar-refractivity contribution in [3.63, 3.8) is 0 Å². The van der Waals surface area contributed by atoms with Crippen LogP contribution in [0.1, 0.15) is 49.7 Å². The van der Waals surface area contributed by atoms with Crippen LogP contribution in [0.15, 0.2) is 66.9 Å². The fourth-order valence-corrected chi connectivity index (χ4v) is 5.60. The lowest BCUT2D eigenvalue weighted by Crippen LogP contribution is -2.41. The lowest BCUT2D eigenvalue weighted by Gasteiger charge is -2.31. The summed E-state index contributed by atoms with van der Waals surface area (Å²) in [6.45, 7) is 14.2. The zero-order valence-corrected chi connectivity index (χ0v) is 22.2. The highest BCUT2D eigenvalue weighted by atomic mass is 28.3. The predicted octanol–water partition coefficient (Wildman–Crippen LogP) is 6.42. The maximum Gasteiger partial charge on any atom is 0.415 e. The molecule has 6 nitrogen and oxygen atoms in total. The molecule has 2 aromatic rings. The van der Waals surface area contributed by atoms with E-state index in [9.17, 15) is 14.7 Å². The number of ether oxygens (including phenoxy) is 2. The van der Waals surface area contributed by atoms with Gasteiger partial charge in [-0.2, -0.15) is 0 Å². The van der Waals surface area contributed by atoms with E-state index in [1.807, 2.05) is 33.8 Å². The van der Waals surface area contributed by atoms with Gasteiger partial charge >= 0.3 is 12.1 Å². The number of hydrogen-bond acceptors (Lipinski definition) is 5. The minimum atomic E-state index is -1.89. The Labute approximate surface area is 204 Å². The van der Waals surface area contributed by atoms with Gasteiger partial charge in [-0.1, -0.05) is 50.0 Å².